The molecule has 4 rings (SSSR count). The number of rotatable bonds is 4. The quantitative estimate of drug-likeness (QED) is 0.599. The summed E-state index contributed by atoms with van der Waals surface area (Å²) in [6.07, 6.45) is 0. The van der Waals surface area contributed by atoms with E-state index in [2.05, 4.69) is 15.4 Å². The molecular weight excluding hydrogens is 328 g/mol. The summed E-state index contributed by atoms with van der Waals surface area (Å²) in [5.41, 5.74) is 4.38. The molecule has 0 fully saturated rings. The Morgan fingerprint density at radius 2 is 2.00 bits per heavy atom. The van der Waals surface area contributed by atoms with Crippen molar-refractivity contribution in [3.8, 4) is 11.5 Å². The first-order valence-corrected chi connectivity index (χ1v) is 8.46. The Balaban J connectivity index is 1.62. The number of carbonyl (C=O) groups excluding carboxylic acids is 1. The van der Waals surface area contributed by atoms with Gasteiger partial charge in [0.25, 0.3) is 5.91 Å². The minimum Gasteiger partial charge on any atom is -0.436 e. The van der Waals surface area contributed by atoms with Crippen molar-refractivity contribution in [3.63, 3.8) is 0 Å². The fourth-order valence-corrected chi connectivity index (χ4v) is 2.89. The third-order valence-corrected chi connectivity index (χ3v) is 4.10. The molecule has 0 aliphatic heterocycles. The fraction of sp³-hybridized carbons (Fsp3) is 0.150. The van der Waals surface area contributed by atoms with Gasteiger partial charge in [-0.05, 0) is 50.2 Å². The van der Waals surface area contributed by atoms with Gasteiger partial charge in [-0.1, -0.05) is 18.2 Å². The Morgan fingerprint density at radius 1 is 1.15 bits per heavy atom. The molecule has 6 heteroatoms. The molecular formula is C20H18N4O2. The lowest BCUT2D eigenvalue weighted by Crippen LogP contribution is -2.17. The highest BCUT2D eigenvalue weighted by Gasteiger charge is 2.14. The minimum atomic E-state index is -0.192. The molecule has 2 aromatic carbocycles. The molecule has 2 heterocycles. The van der Waals surface area contributed by atoms with Gasteiger partial charge in [0.15, 0.2) is 5.58 Å². The van der Waals surface area contributed by atoms with Gasteiger partial charge in [0, 0.05) is 17.8 Å². The molecule has 0 spiro atoms. The number of hydrogen-bond acceptors (Lipinski definition) is 4. The van der Waals surface area contributed by atoms with Gasteiger partial charge in [-0.25, -0.2) is 4.98 Å². The Bertz CT molecular complexity index is 1060. The summed E-state index contributed by atoms with van der Waals surface area (Å²) in [6, 6.07) is 16.9. The van der Waals surface area contributed by atoms with E-state index in [0.29, 0.717) is 23.8 Å². The van der Waals surface area contributed by atoms with Crippen LogP contribution in [0.5, 0.6) is 0 Å². The molecule has 1 N–H and O–H groups in total. The van der Waals surface area contributed by atoms with Gasteiger partial charge in [-0.15, -0.1) is 0 Å². The second kappa shape index (κ2) is 6.48. The number of aromatic nitrogens is 3. The summed E-state index contributed by atoms with van der Waals surface area (Å²) in [5.74, 6) is 0.332. The van der Waals surface area contributed by atoms with E-state index in [9.17, 15) is 4.79 Å². The molecule has 0 unspecified atom stereocenters. The van der Waals surface area contributed by atoms with Crippen molar-refractivity contribution < 1.29 is 9.21 Å². The van der Waals surface area contributed by atoms with Crippen LogP contribution in [0.1, 0.15) is 23.1 Å². The molecule has 0 saturated heterocycles. The first-order chi connectivity index (χ1) is 12.6. The second-order valence-corrected chi connectivity index (χ2v) is 6.01. The molecule has 0 aliphatic carbocycles. The Labute approximate surface area is 150 Å². The summed E-state index contributed by atoms with van der Waals surface area (Å²) in [6.45, 7) is 4.47. The van der Waals surface area contributed by atoms with E-state index in [1.807, 2.05) is 62.4 Å². The third kappa shape index (κ3) is 2.97. The number of hydrogen-bond donors (Lipinski definition) is 1. The largest absolute Gasteiger partial charge is 0.436 e. The van der Waals surface area contributed by atoms with Crippen LogP contribution in [0, 0.1) is 6.92 Å². The van der Waals surface area contributed by atoms with E-state index in [1.165, 1.54) is 0 Å². The summed E-state index contributed by atoms with van der Waals surface area (Å²) in [4.78, 5) is 17.1. The molecule has 0 atom stereocenters. The van der Waals surface area contributed by atoms with Crippen LogP contribution in [0.15, 0.2) is 59.0 Å². The van der Waals surface area contributed by atoms with Crippen molar-refractivity contribution in [2.24, 2.45) is 0 Å². The van der Waals surface area contributed by atoms with Gasteiger partial charge in [0.05, 0.1) is 5.69 Å². The summed E-state index contributed by atoms with van der Waals surface area (Å²) in [7, 11) is 0. The van der Waals surface area contributed by atoms with Gasteiger partial charge in [-0.3, -0.25) is 9.48 Å². The first kappa shape index (κ1) is 16.1. The molecule has 1 amide bonds. The number of nitrogens with one attached hydrogen (secondary N) is 1. The SMILES string of the molecule is CCn1nc(C)cc1C(=O)Nc1cccc(-c2nc3ccccc3o2)c1. The Hall–Kier alpha value is -3.41. The zero-order chi connectivity index (χ0) is 18.1. The summed E-state index contributed by atoms with van der Waals surface area (Å²) in [5, 5.41) is 7.23. The number of anilines is 1. The van der Waals surface area contributed by atoms with E-state index < -0.39 is 0 Å². The van der Waals surface area contributed by atoms with Crippen molar-refractivity contribution in [3.05, 3.63) is 66.0 Å². The molecule has 130 valence electrons. The smallest absolute Gasteiger partial charge is 0.273 e. The van der Waals surface area contributed by atoms with E-state index in [1.54, 1.807) is 10.7 Å². The zero-order valence-corrected chi connectivity index (χ0v) is 14.6. The zero-order valence-electron chi connectivity index (χ0n) is 14.6. The highest BCUT2D eigenvalue weighted by Crippen LogP contribution is 2.26. The van der Waals surface area contributed by atoms with Crippen LogP contribution in [0.25, 0.3) is 22.6 Å². The van der Waals surface area contributed by atoms with Crippen LogP contribution in [0.2, 0.25) is 0 Å². The van der Waals surface area contributed by atoms with Gasteiger partial charge in [0.1, 0.15) is 11.2 Å². The van der Waals surface area contributed by atoms with Crippen molar-refractivity contribution >= 4 is 22.7 Å². The average molecular weight is 346 g/mol. The van der Waals surface area contributed by atoms with Crippen LogP contribution in [0.3, 0.4) is 0 Å². The third-order valence-electron chi connectivity index (χ3n) is 4.10. The molecule has 4 aromatic rings. The molecule has 2 aromatic heterocycles. The molecule has 0 bridgehead atoms. The van der Waals surface area contributed by atoms with Crippen molar-refractivity contribution in [2.75, 3.05) is 5.32 Å². The maximum absolute atomic E-state index is 12.6. The Morgan fingerprint density at radius 3 is 2.81 bits per heavy atom. The van der Waals surface area contributed by atoms with Gasteiger partial charge < -0.3 is 9.73 Å². The van der Waals surface area contributed by atoms with E-state index in [4.69, 9.17) is 4.42 Å². The van der Waals surface area contributed by atoms with E-state index >= 15 is 0 Å². The maximum atomic E-state index is 12.6. The molecule has 26 heavy (non-hydrogen) atoms. The number of amides is 1. The summed E-state index contributed by atoms with van der Waals surface area (Å²) >= 11 is 0. The summed E-state index contributed by atoms with van der Waals surface area (Å²) < 4.78 is 7.49. The predicted molar refractivity (Wildman–Crippen MR) is 100 cm³/mol. The molecule has 0 aliphatic rings. The van der Waals surface area contributed by atoms with Crippen LogP contribution in [-0.2, 0) is 6.54 Å². The van der Waals surface area contributed by atoms with E-state index in [0.717, 1.165) is 22.4 Å². The fourth-order valence-electron chi connectivity index (χ4n) is 2.89. The predicted octanol–water partition coefficient (Wildman–Crippen LogP) is 4.27. The van der Waals surface area contributed by atoms with Crippen molar-refractivity contribution in [1.82, 2.24) is 14.8 Å². The Kier molecular flexibility index (Phi) is 4.01. The van der Waals surface area contributed by atoms with Crippen LogP contribution in [0.4, 0.5) is 5.69 Å². The van der Waals surface area contributed by atoms with Gasteiger partial charge >= 0.3 is 0 Å². The number of benzene rings is 2. The normalized spacial score (nSPS) is 11.0. The standard InChI is InChI=1S/C20H18N4O2/c1-3-24-17(11-13(2)23-24)19(25)21-15-8-6-7-14(12-15)20-22-16-9-4-5-10-18(16)26-20/h4-12H,3H2,1-2H3,(H,21,25). The van der Waals surface area contributed by atoms with Crippen molar-refractivity contribution in [2.45, 2.75) is 20.4 Å². The lowest BCUT2D eigenvalue weighted by atomic mass is 10.2. The van der Waals surface area contributed by atoms with Crippen LogP contribution < -0.4 is 5.32 Å². The lowest BCUT2D eigenvalue weighted by Gasteiger charge is -2.07. The second-order valence-electron chi connectivity index (χ2n) is 6.01. The monoisotopic (exact) mass is 346 g/mol. The molecule has 0 radical (unpaired) electrons. The molecule has 6 nitrogen and oxygen atoms in total. The number of carbonyl (C=O) groups is 1. The van der Waals surface area contributed by atoms with E-state index in [-0.39, 0.29) is 5.91 Å². The minimum absolute atomic E-state index is 0.192. The topological polar surface area (TPSA) is 73.0 Å². The van der Waals surface area contributed by atoms with Gasteiger partial charge in [0.2, 0.25) is 5.89 Å². The first-order valence-electron chi connectivity index (χ1n) is 8.46. The van der Waals surface area contributed by atoms with Gasteiger partial charge in [-0.2, -0.15) is 5.10 Å². The highest BCUT2D eigenvalue weighted by molar-refractivity contribution is 6.03. The van der Waals surface area contributed by atoms with Crippen molar-refractivity contribution in [1.29, 1.82) is 0 Å². The number of para-hydroxylation sites is 2. The number of nitrogens with zero attached hydrogens (tertiary/aromatic N) is 3. The number of fused-ring (bicyclic) bond motifs is 1. The maximum Gasteiger partial charge on any atom is 0.273 e. The van der Waals surface area contributed by atoms with Crippen LogP contribution >= 0.6 is 0 Å². The molecule has 0 saturated carbocycles. The number of oxazole rings is 1. The van der Waals surface area contributed by atoms with Crippen LogP contribution in [-0.4, -0.2) is 20.7 Å². The average Bonchev–Trinajstić information content (AvgIpc) is 3.25. The highest BCUT2D eigenvalue weighted by atomic mass is 16.3. The lowest BCUT2D eigenvalue weighted by molar-refractivity contribution is 0.101. The number of aryl methyl sites for hydroxylation is 2.